The number of hydrogen-bond acceptors (Lipinski definition) is 6. The SMILES string of the molecule is CCCC(c1ccc(C(=O)NCC(=N)N)cc1)N1C(=O)C(c2cc(F)cc(Cl)c2)=NC12CC(C)CC(C)C2.NN. The molecule has 1 fully saturated rings. The van der Waals surface area contributed by atoms with Gasteiger partial charge in [-0.25, -0.2) is 4.39 Å². The average molecular weight is 572 g/mol. The summed E-state index contributed by atoms with van der Waals surface area (Å²) in [6, 6.07) is 11.0. The number of benzene rings is 2. The number of aliphatic imine (C=N–C) groups is 1. The minimum atomic E-state index is -0.736. The molecule has 8 N–H and O–H groups in total. The first-order valence-electron chi connectivity index (χ1n) is 13.5. The van der Waals surface area contributed by atoms with Crippen molar-refractivity contribution < 1.29 is 14.0 Å². The molecule has 1 aliphatic heterocycles. The van der Waals surface area contributed by atoms with Gasteiger partial charge in [-0.15, -0.1) is 0 Å². The third-order valence-corrected chi connectivity index (χ3v) is 7.57. The quantitative estimate of drug-likeness (QED) is 0.138. The third-order valence-electron chi connectivity index (χ3n) is 7.35. The van der Waals surface area contributed by atoms with Crippen LogP contribution in [0.15, 0.2) is 47.5 Å². The molecule has 1 saturated carbocycles. The smallest absolute Gasteiger partial charge is 0.275 e. The molecule has 9 nitrogen and oxygen atoms in total. The lowest BCUT2D eigenvalue weighted by molar-refractivity contribution is -0.134. The normalized spacial score (nSPS) is 22.8. The Kier molecular flexibility index (Phi) is 10.4. The highest BCUT2D eigenvalue weighted by Gasteiger charge is 2.53. The molecule has 1 spiro atoms. The van der Waals surface area contributed by atoms with Crippen LogP contribution in [0.2, 0.25) is 5.02 Å². The van der Waals surface area contributed by atoms with E-state index in [2.05, 4.69) is 37.8 Å². The van der Waals surface area contributed by atoms with E-state index in [0.717, 1.165) is 31.2 Å². The van der Waals surface area contributed by atoms with Crippen LogP contribution in [0.3, 0.4) is 0 Å². The molecule has 4 rings (SSSR count). The van der Waals surface area contributed by atoms with Crippen molar-refractivity contribution in [3.63, 3.8) is 0 Å². The molecular formula is C29H39ClFN7O2. The van der Waals surface area contributed by atoms with E-state index in [-0.39, 0.29) is 41.0 Å². The van der Waals surface area contributed by atoms with Gasteiger partial charge >= 0.3 is 0 Å². The summed E-state index contributed by atoms with van der Waals surface area (Å²) in [4.78, 5) is 33.6. The van der Waals surface area contributed by atoms with Gasteiger partial charge in [0.15, 0.2) is 0 Å². The van der Waals surface area contributed by atoms with E-state index in [4.69, 9.17) is 27.7 Å². The molecule has 2 aliphatic rings. The molecule has 1 aliphatic carbocycles. The molecule has 0 aromatic heterocycles. The molecule has 0 saturated heterocycles. The van der Waals surface area contributed by atoms with Crippen molar-refractivity contribution in [1.82, 2.24) is 10.2 Å². The van der Waals surface area contributed by atoms with E-state index < -0.39 is 11.5 Å². The van der Waals surface area contributed by atoms with Crippen LogP contribution in [0.5, 0.6) is 0 Å². The van der Waals surface area contributed by atoms with Gasteiger partial charge in [0.1, 0.15) is 23.0 Å². The zero-order chi connectivity index (χ0) is 29.6. The highest BCUT2D eigenvalue weighted by atomic mass is 35.5. The zero-order valence-electron chi connectivity index (χ0n) is 23.2. The molecule has 2 aromatic rings. The van der Waals surface area contributed by atoms with E-state index in [1.165, 1.54) is 12.1 Å². The largest absolute Gasteiger partial charge is 0.386 e. The summed E-state index contributed by atoms with van der Waals surface area (Å²) in [5, 5.41) is 10.1. The Morgan fingerprint density at radius 2 is 1.82 bits per heavy atom. The number of rotatable bonds is 8. The molecule has 2 amide bonds. The van der Waals surface area contributed by atoms with E-state index in [9.17, 15) is 14.0 Å². The fourth-order valence-corrected chi connectivity index (χ4v) is 6.34. The van der Waals surface area contributed by atoms with Crippen LogP contribution in [0.4, 0.5) is 4.39 Å². The predicted molar refractivity (Wildman–Crippen MR) is 156 cm³/mol. The lowest BCUT2D eigenvalue weighted by Crippen LogP contribution is -2.52. The van der Waals surface area contributed by atoms with E-state index in [0.29, 0.717) is 29.4 Å². The van der Waals surface area contributed by atoms with Gasteiger partial charge in [-0.2, -0.15) is 0 Å². The second-order valence-corrected chi connectivity index (χ2v) is 11.2. The average Bonchev–Trinajstić information content (AvgIpc) is 3.16. The maximum atomic E-state index is 14.3. The van der Waals surface area contributed by atoms with Gasteiger partial charge in [0.05, 0.1) is 12.6 Å². The van der Waals surface area contributed by atoms with Crippen LogP contribution >= 0.6 is 11.6 Å². The van der Waals surface area contributed by atoms with Crippen LogP contribution < -0.4 is 22.7 Å². The first-order valence-corrected chi connectivity index (χ1v) is 13.8. The van der Waals surface area contributed by atoms with Crippen LogP contribution in [0.1, 0.15) is 80.4 Å². The number of nitrogens with zero attached hydrogens (tertiary/aromatic N) is 2. The van der Waals surface area contributed by atoms with Crippen molar-refractivity contribution in [2.45, 2.75) is 64.6 Å². The summed E-state index contributed by atoms with van der Waals surface area (Å²) in [5.41, 5.74) is 6.59. The zero-order valence-corrected chi connectivity index (χ0v) is 24.0. The van der Waals surface area contributed by atoms with Crippen molar-refractivity contribution in [2.24, 2.45) is 34.2 Å². The number of hydrogen-bond donors (Lipinski definition) is 5. The molecule has 0 bridgehead atoms. The number of nitrogens with two attached hydrogens (primary N) is 3. The van der Waals surface area contributed by atoms with Crippen LogP contribution in [0.25, 0.3) is 0 Å². The first kappa shape index (κ1) is 31.2. The van der Waals surface area contributed by atoms with Gasteiger partial charge in [0.25, 0.3) is 11.8 Å². The Morgan fingerprint density at radius 1 is 1.20 bits per heavy atom. The standard InChI is InChI=1S/C29H35ClFN5O2.H4N2/c1-4-5-24(19-6-8-20(9-7-19)27(37)34-16-25(32)33)36-28(38)26(21-11-22(30)13-23(31)12-21)35-29(36)14-17(2)10-18(3)15-29;1-2/h6-9,11-13,17-18,24H,4-5,10,14-16H2,1-3H3,(H3,32,33)(H,34,37);1-2H2. The maximum absolute atomic E-state index is 14.3. The van der Waals surface area contributed by atoms with Crippen molar-refractivity contribution in [3.8, 4) is 0 Å². The van der Waals surface area contributed by atoms with Crippen molar-refractivity contribution in [1.29, 1.82) is 5.41 Å². The number of amidine groups is 1. The van der Waals surface area contributed by atoms with E-state index in [1.54, 1.807) is 18.2 Å². The number of hydrazine groups is 1. The van der Waals surface area contributed by atoms with Gasteiger partial charge in [0, 0.05) is 16.1 Å². The van der Waals surface area contributed by atoms with Gasteiger partial charge in [-0.05, 0) is 73.4 Å². The number of amides is 2. The Morgan fingerprint density at radius 3 is 2.38 bits per heavy atom. The van der Waals surface area contributed by atoms with E-state index in [1.807, 2.05) is 17.0 Å². The van der Waals surface area contributed by atoms with E-state index >= 15 is 0 Å². The lowest BCUT2D eigenvalue weighted by Gasteiger charge is -2.47. The first-order chi connectivity index (χ1) is 19.0. The summed E-state index contributed by atoms with van der Waals surface area (Å²) >= 11 is 6.15. The molecule has 216 valence electrons. The summed E-state index contributed by atoms with van der Waals surface area (Å²) in [6.07, 6.45) is 4.04. The molecule has 1 heterocycles. The maximum Gasteiger partial charge on any atom is 0.275 e. The van der Waals surface area contributed by atoms with Crippen molar-refractivity contribution in [3.05, 3.63) is 70.0 Å². The molecule has 3 unspecified atom stereocenters. The van der Waals surface area contributed by atoms with Gasteiger partial charge in [-0.3, -0.25) is 31.7 Å². The summed E-state index contributed by atoms with van der Waals surface area (Å²) in [6.45, 7) is 6.43. The molecule has 11 heteroatoms. The van der Waals surface area contributed by atoms with Crippen molar-refractivity contribution >= 4 is 35.0 Å². The molecule has 2 aromatic carbocycles. The fourth-order valence-electron chi connectivity index (χ4n) is 6.12. The minimum Gasteiger partial charge on any atom is -0.386 e. The fraction of sp³-hybridized carbons (Fsp3) is 0.448. The molecular weight excluding hydrogens is 533 g/mol. The molecule has 0 radical (unpaired) electrons. The van der Waals surface area contributed by atoms with Gasteiger partial charge < -0.3 is 16.0 Å². The summed E-state index contributed by atoms with van der Waals surface area (Å²) < 4.78 is 14.3. The monoisotopic (exact) mass is 571 g/mol. The highest BCUT2D eigenvalue weighted by molar-refractivity contribution is 6.47. The minimum absolute atomic E-state index is 0.0234. The van der Waals surface area contributed by atoms with Crippen LogP contribution in [-0.4, -0.2) is 40.5 Å². The Bertz CT molecular complexity index is 1240. The topological polar surface area (TPSA) is 164 Å². The third kappa shape index (κ3) is 6.86. The molecule has 40 heavy (non-hydrogen) atoms. The second-order valence-electron chi connectivity index (χ2n) is 10.8. The Labute approximate surface area is 239 Å². The number of carbonyl (C=O) groups is 2. The number of halogens is 2. The highest BCUT2D eigenvalue weighted by Crippen LogP contribution is 2.48. The summed E-state index contributed by atoms with van der Waals surface area (Å²) in [5.74, 6) is 7.54. The second kappa shape index (κ2) is 13.3. The van der Waals surface area contributed by atoms with Crippen LogP contribution in [0, 0.1) is 23.1 Å². The lowest BCUT2D eigenvalue weighted by atomic mass is 9.75. The predicted octanol–water partition coefficient (Wildman–Crippen LogP) is 4.29. The van der Waals surface area contributed by atoms with Gasteiger partial charge in [0.2, 0.25) is 0 Å². The Balaban J connectivity index is 0.00000216. The summed E-state index contributed by atoms with van der Waals surface area (Å²) in [7, 11) is 0. The van der Waals surface area contributed by atoms with Crippen molar-refractivity contribution in [2.75, 3.05) is 6.54 Å². The molecule has 3 atom stereocenters. The van der Waals surface area contributed by atoms with Gasteiger partial charge in [-0.1, -0.05) is 50.9 Å². The van der Waals surface area contributed by atoms with Crippen LogP contribution in [-0.2, 0) is 4.79 Å². The Hall–Kier alpha value is -3.34. The number of carbonyl (C=O) groups excluding carboxylic acids is 2. The number of nitrogens with one attached hydrogen (secondary N) is 2.